The molecular formula is C22H21ClN2O5. The first kappa shape index (κ1) is 22.8. The smallest absolute Gasteiger partial charge is 0.335 e. The minimum atomic E-state index is -1.12. The highest BCUT2D eigenvalue weighted by Gasteiger charge is 2.16. The second kappa shape index (κ2) is 10.3. The number of hydrogen-bond donors (Lipinski definition) is 2. The molecule has 0 fully saturated rings. The van der Waals surface area contributed by atoms with Gasteiger partial charge in [0.25, 0.3) is 5.91 Å². The summed E-state index contributed by atoms with van der Waals surface area (Å²) in [5.41, 5.74) is 0.557. The van der Waals surface area contributed by atoms with Crippen LogP contribution in [0, 0.1) is 11.3 Å². The minimum Gasteiger partial charge on any atom is -0.493 e. The number of carbonyl (C=O) groups excluding carboxylic acids is 1. The van der Waals surface area contributed by atoms with Gasteiger partial charge in [-0.3, -0.25) is 4.79 Å². The van der Waals surface area contributed by atoms with Gasteiger partial charge in [0.15, 0.2) is 11.5 Å². The average Bonchev–Trinajstić information content (AvgIpc) is 2.73. The fourth-order valence-electron chi connectivity index (χ4n) is 2.47. The van der Waals surface area contributed by atoms with Gasteiger partial charge in [0, 0.05) is 5.69 Å². The number of amides is 1. The first-order chi connectivity index (χ1) is 14.3. The van der Waals surface area contributed by atoms with Crippen LogP contribution >= 0.6 is 11.6 Å². The Kier molecular flexibility index (Phi) is 7.84. The van der Waals surface area contributed by atoms with Crippen LogP contribution in [0.1, 0.15) is 36.2 Å². The maximum atomic E-state index is 12.5. The summed E-state index contributed by atoms with van der Waals surface area (Å²) in [6, 6.07) is 10.7. The largest absolute Gasteiger partial charge is 0.493 e. The van der Waals surface area contributed by atoms with Gasteiger partial charge in [-0.25, -0.2) is 4.79 Å². The van der Waals surface area contributed by atoms with Gasteiger partial charge in [0.2, 0.25) is 0 Å². The Balaban J connectivity index is 2.32. The molecule has 2 N–H and O–H groups in total. The molecule has 30 heavy (non-hydrogen) atoms. The molecule has 2 aromatic rings. The predicted octanol–water partition coefficient (Wildman–Crippen LogP) is 4.77. The van der Waals surface area contributed by atoms with E-state index in [2.05, 4.69) is 5.32 Å². The fourth-order valence-corrected chi connectivity index (χ4v) is 2.73. The van der Waals surface area contributed by atoms with Crippen molar-refractivity contribution in [3.63, 3.8) is 0 Å². The number of halogens is 1. The van der Waals surface area contributed by atoms with E-state index in [1.54, 1.807) is 12.1 Å². The topological polar surface area (TPSA) is 109 Å². The number of nitrogens with zero attached hydrogens (tertiary/aromatic N) is 1. The quantitative estimate of drug-likeness (QED) is 0.463. The molecular weight excluding hydrogens is 408 g/mol. The molecule has 8 heteroatoms. The van der Waals surface area contributed by atoms with Gasteiger partial charge in [-0.2, -0.15) is 5.26 Å². The third-order valence-electron chi connectivity index (χ3n) is 4.19. The third kappa shape index (κ3) is 5.75. The standard InChI is InChI=1S/C22H21ClN2O5/c1-4-13(2)30-20-18(23)9-14(10-19(20)29-3)8-16(12-24)21(26)25-17-7-5-6-15(11-17)22(27)28/h5-11,13H,4H2,1-3H3,(H,25,26)(H,27,28)/b16-8-/t13-/m1/s1. The second-order valence-corrected chi connectivity index (χ2v) is 6.79. The summed E-state index contributed by atoms with van der Waals surface area (Å²) in [7, 11) is 1.47. The molecule has 2 rings (SSSR count). The van der Waals surface area contributed by atoms with Crippen molar-refractivity contribution in [2.24, 2.45) is 0 Å². The zero-order valence-corrected chi connectivity index (χ0v) is 17.5. The van der Waals surface area contributed by atoms with Crippen molar-refractivity contribution in [3.8, 4) is 17.6 Å². The van der Waals surface area contributed by atoms with Crippen LogP contribution in [0.15, 0.2) is 42.0 Å². The molecule has 0 aromatic heterocycles. The molecule has 0 aliphatic rings. The van der Waals surface area contributed by atoms with Crippen LogP contribution in [0.25, 0.3) is 6.08 Å². The summed E-state index contributed by atoms with van der Waals surface area (Å²) in [6.07, 6.45) is 2.07. The summed E-state index contributed by atoms with van der Waals surface area (Å²) >= 11 is 6.32. The molecule has 0 spiro atoms. The summed E-state index contributed by atoms with van der Waals surface area (Å²) in [5.74, 6) is -1.04. The Morgan fingerprint density at radius 3 is 2.67 bits per heavy atom. The number of hydrogen-bond acceptors (Lipinski definition) is 5. The average molecular weight is 429 g/mol. The Labute approximate surface area is 179 Å². The molecule has 0 bridgehead atoms. The highest BCUT2D eigenvalue weighted by molar-refractivity contribution is 6.32. The van der Waals surface area contributed by atoms with E-state index in [9.17, 15) is 14.9 Å². The lowest BCUT2D eigenvalue weighted by Gasteiger charge is -2.17. The SMILES string of the molecule is CC[C@@H](C)Oc1c(Cl)cc(/C=C(/C#N)C(=O)Nc2cccc(C(=O)O)c2)cc1OC. The van der Waals surface area contributed by atoms with Crippen LogP contribution in [0.3, 0.4) is 0 Å². The second-order valence-electron chi connectivity index (χ2n) is 6.38. The van der Waals surface area contributed by atoms with Crippen molar-refractivity contribution < 1.29 is 24.2 Å². The third-order valence-corrected chi connectivity index (χ3v) is 4.47. The van der Waals surface area contributed by atoms with Crippen LogP contribution in [0.2, 0.25) is 5.02 Å². The maximum Gasteiger partial charge on any atom is 0.335 e. The van der Waals surface area contributed by atoms with Gasteiger partial charge >= 0.3 is 5.97 Å². The van der Waals surface area contributed by atoms with Gasteiger partial charge in [-0.05, 0) is 55.3 Å². The summed E-state index contributed by atoms with van der Waals surface area (Å²) < 4.78 is 11.1. The lowest BCUT2D eigenvalue weighted by atomic mass is 10.1. The van der Waals surface area contributed by atoms with E-state index in [1.165, 1.54) is 37.5 Å². The van der Waals surface area contributed by atoms with Crippen LogP contribution in [-0.2, 0) is 4.79 Å². The maximum absolute atomic E-state index is 12.5. The molecule has 0 saturated heterocycles. The molecule has 0 unspecified atom stereocenters. The molecule has 1 atom stereocenters. The lowest BCUT2D eigenvalue weighted by molar-refractivity contribution is -0.112. The summed E-state index contributed by atoms with van der Waals surface area (Å²) in [5, 5.41) is 21.3. The van der Waals surface area contributed by atoms with Crippen LogP contribution in [0.5, 0.6) is 11.5 Å². The van der Waals surface area contributed by atoms with Gasteiger partial charge in [0.05, 0.1) is 23.8 Å². The molecule has 0 radical (unpaired) electrons. The summed E-state index contributed by atoms with van der Waals surface area (Å²) in [6.45, 7) is 3.88. The molecule has 7 nitrogen and oxygen atoms in total. The van der Waals surface area contributed by atoms with E-state index in [0.717, 1.165) is 6.42 Å². The predicted molar refractivity (Wildman–Crippen MR) is 114 cm³/mol. The zero-order valence-electron chi connectivity index (χ0n) is 16.7. The van der Waals surface area contributed by atoms with Crippen LogP contribution in [-0.4, -0.2) is 30.2 Å². The van der Waals surface area contributed by atoms with E-state index in [1.807, 2.05) is 19.9 Å². The highest BCUT2D eigenvalue weighted by Crippen LogP contribution is 2.38. The van der Waals surface area contributed by atoms with Crippen LogP contribution < -0.4 is 14.8 Å². The molecule has 2 aromatic carbocycles. The van der Waals surface area contributed by atoms with Crippen molar-refractivity contribution in [3.05, 3.63) is 58.1 Å². The lowest BCUT2D eigenvalue weighted by Crippen LogP contribution is -2.14. The molecule has 1 amide bonds. The Morgan fingerprint density at radius 1 is 1.33 bits per heavy atom. The van der Waals surface area contributed by atoms with Crippen molar-refractivity contribution >= 4 is 35.2 Å². The number of carboxylic acids is 1. The molecule has 0 aliphatic heterocycles. The van der Waals surface area contributed by atoms with E-state index in [-0.39, 0.29) is 28.0 Å². The van der Waals surface area contributed by atoms with Crippen LogP contribution in [0.4, 0.5) is 5.69 Å². The number of ether oxygens (including phenoxy) is 2. The van der Waals surface area contributed by atoms with Gasteiger partial charge in [0.1, 0.15) is 11.6 Å². The number of benzene rings is 2. The van der Waals surface area contributed by atoms with Crippen molar-refractivity contribution in [2.75, 3.05) is 12.4 Å². The van der Waals surface area contributed by atoms with E-state index < -0.39 is 11.9 Å². The number of methoxy groups -OCH3 is 1. The molecule has 0 saturated carbocycles. The molecule has 0 aliphatic carbocycles. The zero-order chi connectivity index (χ0) is 22.3. The molecule has 156 valence electrons. The van der Waals surface area contributed by atoms with E-state index >= 15 is 0 Å². The Morgan fingerprint density at radius 2 is 2.07 bits per heavy atom. The van der Waals surface area contributed by atoms with Gasteiger partial charge < -0.3 is 19.9 Å². The van der Waals surface area contributed by atoms with E-state index in [4.69, 9.17) is 26.2 Å². The molecule has 0 heterocycles. The Hall–Kier alpha value is -3.50. The van der Waals surface area contributed by atoms with Crippen molar-refractivity contribution in [1.29, 1.82) is 5.26 Å². The van der Waals surface area contributed by atoms with Gasteiger partial charge in [-0.1, -0.05) is 24.6 Å². The number of nitriles is 1. The monoisotopic (exact) mass is 428 g/mol. The minimum absolute atomic E-state index is 0.0173. The van der Waals surface area contributed by atoms with Gasteiger partial charge in [-0.15, -0.1) is 0 Å². The Bertz CT molecular complexity index is 1030. The number of aromatic carboxylic acids is 1. The number of nitrogens with one attached hydrogen (secondary N) is 1. The van der Waals surface area contributed by atoms with E-state index in [0.29, 0.717) is 17.1 Å². The highest BCUT2D eigenvalue weighted by atomic mass is 35.5. The number of anilines is 1. The number of carbonyl (C=O) groups is 2. The van der Waals surface area contributed by atoms with Crippen molar-refractivity contribution in [2.45, 2.75) is 26.4 Å². The normalized spacial score (nSPS) is 11.9. The summed E-state index contributed by atoms with van der Waals surface area (Å²) in [4.78, 5) is 23.5. The number of carboxylic acid groups (broad SMARTS) is 1. The first-order valence-corrected chi connectivity index (χ1v) is 9.47. The number of rotatable bonds is 8. The van der Waals surface area contributed by atoms with Crippen molar-refractivity contribution in [1.82, 2.24) is 0 Å². The fraction of sp³-hybridized carbons (Fsp3) is 0.227. The first-order valence-electron chi connectivity index (χ1n) is 9.09.